The minimum atomic E-state index is -1.05. The predicted octanol–water partition coefficient (Wildman–Crippen LogP) is 5.04. The number of hydrogen-bond acceptors (Lipinski definition) is 13. The molecule has 0 aromatic carbocycles. The van der Waals surface area contributed by atoms with Crippen molar-refractivity contribution in [3.63, 3.8) is 0 Å². The molecule has 0 radical (unpaired) electrons. The molecule has 0 aliphatic heterocycles. The summed E-state index contributed by atoms with van der Waals surface area (Å²) in [6, 6.07) is 7.38. The Bertz CT molecular complexity index is 2950. The second-order valence-electron chi connectivity index (χ2n) is 19.0. The average molecular weight is 1010 g/mol. The van der Waals surface area contributed by atoms with Crippen LogP contribution < -0.4 is 40.6 Å². The van der Waals surface area contributed by atoms with Crippen molar-refractivity contribution < 1.29 is 58.8 Å². The summed E-state index contributed by atoms with van der Waals surface area (Å²) in [6.45, 7) is 19.5. The zero-order valence-corrected chi connectivity index (χ0v) is 44.4. The van der Waals surface area contributed by atoms with Gasteiger partial charge in [0.25, 0.3) is 11.1 Å². The first kappa shape index (κ1) is 63.0. The van der Waals surface area contributed by atoms with Crippen molar-refractivity contribution in [3.8, 4) is 22.3 Å². The van der Waals surface area contributed by atoms with E-state index >= 15 is 0 Å². The van der Waals surface area contributed by atoms with Gasteiger partial charge in [-0.1, -0.05) is 27.7 Å². The molecule has 0 aliphatic rings. The minimum Gasteiger partial charge on any atom is -0.870 e. The van der Waals surface area contributed by atoms with E-state index in [-0.39, 0.29) is 71.5 Å². The number of nitrogens with zero attached hydrogens (tertiary/aromatic N) is 6. The fourth-order valence-electron chi connectivity index (χ4n) is 8.63. The Morgan fingerprint density at radius 1 is 0.568 bits per heavy atom. The van der Waals surface area contributed by atoms with E-state index < -0.39 is 42.0 Å². The normalized spacial score (nSPS) is 12.3. The molecule has 0 saturated carbocycles. The van der Waals surface area contributed by atoms with Crippen molar-refractivity contribution >= 4 is 23.8 Å². The molecule has 0 aliphatic carbocycles. The van der Waals surface area contributed by atoms with Gasteiger partial charge in [-0.15, -0.1) is 0 Å². The van der Waals surface area contributed by atoms with Crippen LogP contribution in [0.25, 0.3) is 22.3 Å². The molecule has 6 aromatic heterocycles. The Labute approximate surface area is 444 Å². The Kier molecular flexibility index (Phi) is 24.7. The molecule has 2 unspecified atom stereocenters. The molecular formula is C55H68LiN8O10-. The number of carbonyl (C=O) groups is 4. The van der Waals surface area contributed by atoms with Gasteiger partial charge in [-0.3, -0.25) is 48.7 Å². The molecule has 5 N–H and O–H groups in total. The molecule has 0 saturated heterocycles. The number of carboxylic acids is 1. The SMILES string of the molecule is COC(=O)C[C@H](NC(=O)C(CC(C)C)n1ccc(C)cc1=O)c1cncc(-c2c(C)cncc2C)c1.Cc1ccn(C(CC(C)C)C(=O)N[C@@H](CC(=O)O)c2cncc(-c3c(C)cncc3C)c2)c(=O)c1.[Li+].[OH-].[OH-]. The molecule has 18 nitrogen and oxygen atoms in total. The monoisotopic (exact) mass is 1010 g/mol. The van der Waals surface area contributed by atoms with Crippen LogP contribution in [0, 0.1) is 53.4 Å². The summed E-state index contributed by atoms with van der Waals surface area (Å²) in [5.74, 6) is -1.96. The fourth-order valence-corrected chi connectivity index (χ4v) is 8.63. The molecule has 0 spiro atoms. The number of aromatic nitrogens is 6. The first-order chi connectivity index (χ1) is 33.7. The molecule has 19 heteroatoms. The summed E-state index contributed by atoms with van der Waals surface area (Å²) in [7, 11) is 1.31. The smallest absolute Gasteiger partial charge is 0.870 e. The summed E-state index contributed by atoms with van der Waals surface area (Å²) in [4.78, 5) is 93.6. The van der Waals surface area contributed by atoms with Crippen molar-refractivity contribution in [1.82, 2.24) is 39.7 Å². The second kappa shape index (κ2) is 29.0. The zero-order valence-electron chi connectivity index (χ0n) is 44.4. The number of amides is 2. The van der Waals surface area contributed by atoms with E-state index in [2.05, 4.69) is 30.6 Å². The third-order valence-electron chi connectivity index (χ3n) is 12.0. The van der Waals surface area contributed by atoms with Crippen molar-refractivity contribution in [2.45, 2.75) is 119 Å². The molecule has 6 aromatic rings. The number of aryl methyl sites for hydroxylation is 6. The van der Waals surface area contributed by atoms with E-state index in [1.807, 2.05) is 81.4 Å². The Hall–Kier alpha value is -7.10. The summed E-state index contributed by atoms with van der Waals surface area (Å²) < 4.78 is 7.77. The number of hydrogen-bond donors (Lipinski definition) is 3. The third kappa shape index (κ3) is 17.0. The molecule has 2 amide bonds. The Balaban J connectivity index is 0.000000487. The minimum absolute atomic E-state index is 0. The maximum absolute atomic E-state index is 13.6. The number of carboxylic acid groups (broad SMARTS) is 1. The summed E-state index contributed by atoms with van der Waals surface area (Å²) in [5, 5.41) is 15.5. The molecule has 390 valence electrons. The van der Waals surface area contributed by atoms with E-state index in [4.69, 9.17) is 4.74 Å². The number of rotatable bonds is 18. The quantitative estimate of drug-likeness (QED) is 0.0752. The first-order valence-corrected chi connectivity index (χ1v) is 23.7. The van der Waals surface area contributed by atoms with Crippen LogP contribution in [0.5, 0.6) is 0 Å². The van der Waals surface area contributed by atoms with Gasteiger partial charge in [-0.2, -0.15) is 0 Å². The summed E-state index contributed by atoms with van der Waals surface area (Å²) in [5.41, 5.74) is 9.96. The predicted molar refractivity (Wildman–Crippen MR) is 276 cm³/mol. The maximum atomic E-state index is 13.6. The molecule has 0 bridgehead atoms. The van der Waals surface area contributed by atoms with Crippen LogP contribution in [-0.4, -0.2) is 76.0 Å². The van der Waals surface area contributed by atoms with Crippen LogP contribution >= 0.6 is 0 Å². The number of methoxy groups -OCH3 is 1. The molecule has 6 rings (SSSR count). The van der Waals surface area contributed by atoms with Gasteiger partial charge in [-0.25, -0.2) is 0 Å². The van der Waals surface area contributed by atoms with Gasteiger partial charge in [0.1, 0.15) is 12.1 Å². The van der Waals surface area contributed by atoms with Crippen molar-refractivity contribution in [1.29, 1.82) is 0 Å². The van der Waals surface area contributed by atoms with Crippen molar-refractivity contribution in [2.24, 2.45) is 11.8 Å². The number of aliphatic carboxylic acids is 1. The van der Waals surface area contributed by atoms with Crippen LogP contribution in [-0.2, 0) is 23.9 Å². The van der Waals surface area contributed by atoms with E-state index in [1.165, 1.54) is 28.4 Å². The van der Waals surface area contributed by atoms with Gasteiger partial charge in [0.05, 0.1) is 32.0 Å². The van der Waals surface area contributed by atoms with Gasteiger partial charge in [-0.05, 0) is 146 Å². The van der Waals surface area contributed by atoms with Gasteiger partial charge < -0.3 is 40.6 Å². The third-order valence-corrected chi connectivity index (χ3v) is 12.0. The van der Waals surface area contributed by atoms with E-state index in [0.717, 1.165) is 55.6 Å². The molecule has 74 heavy (non-hydrogen) atoms. The first-order valence-electron chi connectivity index (χ1n) is 23.7. The summed E-state index contributed by atoms with van der Waals surface area (Å²) >= 11 is 0. The Morgan fingerprint density at radius 3 is 1.24 bits per heavy atom. The van der Waals surface area contributed by atoms with Crippen LogP contribution in [0.15, 0.2) is 108 Å². The van der Waals surface area contributed by atoms with Crippen LogP contribution in [0.4, 0.5) is 0 Å². The molecule has 6 heterocycles. The summed E-state index contributed by atoms with van der Waals surface area (Å²) in [6.07, 6.45) is 17.6. The average Bonchev–Trinajstić information content (AvgIpc) is 3.30. The molecular weight excluding hydrogens is 940 g/mol. The van der Waals surface area contributed by atoms with E-state index in [0.29, 0.717) is 24.0 Å². The maximum Gasteiger partial charge on any atom is 1.00 e. The van der Waals surface area contributed by atoms with Crippen molar-refractivity contribution in [3.05, 3.63) is 164 Å². The van der Waals surface area contributed by atoms with Gasteiger partial charge in [0.2, 0.25) is 11.8 Å². The number of esters is 1. The molecule has 4 atom stereocenters. The fraction of sp³-hybridized carbons (Fsp3) is 0.382. The van der Waals surface area contributed by atoms with Crippen LogP contribution in [0.3, 0.4) is 0 Å². The topological polar surface area (TPSA) is 277 Å². The number of carbonyl (C=O) groups excluding carboxylic acids is 3. The number of nitrogens with one attached hydrogen (secondary N) is 2. The van der Waals surface area contributed by atoms with Crippen LogP contribution in [0.1, 0.15) is 122 Å². The van der Waals surface area contributed by atoms with Gasteiger partial charge >= 0.3 is 30.8 Å². The van der Waals surface area contributed by atoms with Gasteiger partial charge in [0.15, 0.2) is 0 Å². The molecule has 0 fully saturated rings. The van der Waals surface area contributed by atoms with Crippen LogP contribution in [0.2, 0.25) is 0 Å². The van der Waals surface area contributed by atoms with E-state index in [1.54, 1.807) is 74.1 Å². The number of pyridine rings is 6. The van der Waals surface area contributed by atoms with E-state index in [9.17, 15) is 33.9 Å². The zero-order chi connectivity index (χ0) is 52.1. The van der Waals surface area contributed by atoms with Gasteiger partial charge in [0, 0.05) is 85.2 Å². The largest absolute Gasteiger partial charge is 1.00 e. The Morgan fingerprint density at radius 2 is 0.919 bits per heavy atom. The number of ether oxygens (including phenoxy) is 1. The van der Waals surface area contributed by atoms with Crippen molar-refractivity contribution in [2.75, 3.05) is 7.11 Å². The standard InChI is InChI=1S/C28H34N4O4.C27H32N4O4.Li.2H2O/c1-17(2)9-24(32-8-7-18(3)10-25(32)33)28(35)31-23(12-26(34)36-6)21-11-22(16-30-15-21)27-19(4)13-29-14-20(27)5;1-16(2)8-23(31-7-6-17(3)9-24(31)32)27(35)30-22(11-25(33)34)20-10-21(15-29-14-20)26-18(4)12-28-13-19(26)5;;;/h7-8,10-11,13-17,23-24H,9,12H2,1-6H3,(H,31,35);6-7,9-10,12-16,22-23H,8,11H2,1-5H3,(H,30,35)(H,33,34);;2*1H2/q;;+1;;/p-2/t23-,24?;22-,23?;;;/m00.../s1. The second-order valence-corrected chi connectivity index (χ2v) is 19.0.